The summed E-state index contributed by atoms with van der Waals surface area (Å²) < 4.78 is 0. The lowest BCUT2D eigenvalue weighted by Gasteiger charge is -2.31. The van der Waals surface area contributed by atoms with E-state index in [1.165, 1.54) is 5.56 Å². The van der Waals surface area contributed by atoms with Crippen LogP contribution < -0.4 is 10.2 Å². The summed E-state index contributed by atoms with van der Waals surface area (Å²) in [6.45, 7) is 2.37. The number of hydrogen-bond donors (Lipinski definition) is 1. The SMILES string of the molecule is CC(Cc1ccccc1)NCC(=O)N1c2ccccc2Sc2ccc(Cl)cc21.Cl. The van der Waals surface area contributed by atoms with Crippen LogP contribution in [-0.4, -0.2) is 18.5 Å². The summed E-state index contributed by atoms with van der Waals surface area (Å²) in [5.41, 5.74) is 3.01. The summed E-state index contributed by atoms with van der Waals surface area (Å²) in [7, 11) is 0. The number of carbonyl (C=O) groups is 1. The van der Waals surface area contributed by atoms with Crippen molar-refractivity contribution >= 4 is 53.1 Å². The van der Waals surface area contributed by atoms with Crippen LogP contribution in [0.2, 0.25) is 5.02 Å². The topological polar surface area (TPSA) is 32.3 Å². The molecule has 0 aromatic heterocycles. The Morgan fingerprint density at radius 3 is 2.48 bits per heavy atom. The van der Waals surface area contributed by atoms with Gasteiger partial charge in [0.15, 0.2) is 0 Å². The fourth-order valence-corrected chi connectivity index (χ4v) is 4.58. The van der Waals surface area contributed by atoms with Gasteiger partial charge in [0, 0.05) is 20.9 Å². The van der Waals surface area contributed by atoms with Gasteiger partial charge in [0.2, 0.25) is 5.91 Å². The summed E-state index contributed by atoms with van der Waals surface area (Å²) in [4.78, 5) is 17.1. The Hall–Kier alpha value is -1.98. The quantitative estimate of drug-likeness (QED) is 0.514. The molecule has 1 unspecified atom stereocenters. The first kappa shape index (κ1) is 21.7. The lowest BCUT2D eigenvalue weighted by Crippen LogP contribution is -2.40. The number of halogens is 2. The molecule has 1 aliphatic rings. The fraction of sp³-hybridized carbons (Fsp3) is 0.174. The second kappa shape index (κ2) is 9.68. The zero-order valence-corrected chi connectivity index (χ0v) is 18.4. The molecule has 0 fully saturated rings. The summed E-state index contributed by atoms with van der Waals surface area (Å²) >= 11 is 7.89. The molecule has 3 nitrogen and oxygen atoms in total. The van der Waals surface area contributed by atoms with Crippen LogP contribution in [0, 0.1) is 0 Å². The molecule has 1 amide bonds. The van der Waals surface area contributed by atoms with Crippen LogP contribution in [0.25, 0.3) is 0 Å². The molecule has 0 radical (unpaired) electrons. The van der Waals surface area contributed by atoms with E-state index in [9.17, 15) is 4.79 Å². The molecule has 1 atom stereocenters. The molecule has 0 bridgehead atoms. The van der Waals surface area contributed by atoms with Crippen molar-refractivity contribution in [2.75, 3.05) is 11.4 Å². The van der Waals surface area contributed by atoms with Gasteiger partial charge in [-0.15, -0.1) is 12.4 Å². The number of rotatable bonds is 5. The second-order valence-corrected chi connectivity index (χ2v) is 8.40. The number of amides is 1. The van der Waals surface area contributed by atoms with Gasteiger partial charge in [0.25, 0.3) is 0 Å². The first-order valence-electron chi connectivity index (χ1n) is 9.28. The molecule has 150 valence electrons. The predicted molar refractivity (Wildman–Crippen MR) is 124 cm³/mol. The van der Waals surface area contributed by atoms with Gasteiger partial charge in [-0.2, -0.15) is 0 Å². The molecule has 1 aliphatic heterocycles. The van der Waals surface area contributed by atoms with Crippen LogP contribution in [0.15, 0.2) is 82.6 Å². The number of carbonyl (C=O) groups excluding carboxylic acids is 1. The number of anilines is 2. The molecule has 4 rings (SSSR count). The number of nitrogens with one attached hydrogen (secondary N) is 1. The number of hydrogen-bond acceptors (Lipinski definition) is 3. The highest BCUT2D eigenvalue weighted by molar-refractivity contribution is 7.99. The van der Waals surface area contributed by atoms with Crippen LogP contribution in [-0.2, 0) is 11.2 Å². The normalized spacial score (nSPS) is 13.1. The summed E-state index contributed by atoms with van der Waals surface area (Å²) in [5, 5.41) is 4.00. The van der Waals surface area contributed by atoms with E-state index in [2.05, 4.69) is 24.4 Å². The standard InChI is InChI=1S/C23H21ClN2OS.ClH/c1-16(13-17-7-3-2-4-8-17)25-15-23(27)26-19-9-5-6-10-21(19)28-22-12-11-18(24)14-20(22)26;/h2-12,14,16,25H,13,15H2,1H3;1H. The molecule has 0 saturated heterocycles. The molecule has 0 aliphatic carbocycles. The third-order valence-electron chi connectivity index (χ3n) is 4.72. The van der Waals surface area contributed by atoms with Crippen molar-refractivity contribution in [1.29, 1.82) is 0 Å². The van der Waals surface area contributed by atoms with Gasteiger partial charge in [0.1, 0.15) is 0 Å². The van der Waals surface area contributed by atoms with E-state index in [0.29, 0.717) is 5.02 Å². The molecule has 3 aromatic rings. The minimum Gasteiger partial charge on any atom is -0.306 e. The Morgan fingerprint density at radius 2 is 1.69 bits per heavy atom. The highest BCUT2D eigenvalue weighted by Crippen LogP contribution is 2.48. The smallest absolute Gasteiger partial charge is 0.245 e. The summed E-state index contributed by atoms with van der Waals surface area (Å²) in [5.74, 6) is 0.0104. The highest BCUT2D eigenvalue weighted by Gasteiger charge is 2.28. The van der Waals surface area contributed by atoms with Gasteiger partial charge in [-0.1, -0.05) is 65.8 Å². The molecular formula is C23H22Cl2N2OS. The Labute approximate surface area is 186 Å². The van der Waals surface area contributed by atoms with Crippen LogP contribution in [0.1, 0.15) is 12.5 Å². The molecule has 1 N–H and O–H groups in total. The van der Waals surface area contributed by atoms with Gasteiger partial charge in [-0.05, 0) is 49.2 Å². The second-order valence-electron chi connectivity index (χ2n) is 6.88. The van der Waals surface area contributed by atoms with Crippen molar-refractivity contribution in [2.24, 2.45) is 0 Å². The Morgan fingerprint density at radius 1 is 1.00 bits per heavy atom. The zero-order chi connectivity index (χ0) is 19.5. The number of benzene rings is 3. The monoisotopic (exact) mass is 444 g/mol. The molecular weight excluding hydrogens is 423 g/mol. The van der Waals surface area contributed by atoms with E-state index in [1.807, 2.05) is 60.7 Å². The van der Waals surface area contributed by atoms with Crippen LogP contribution >= 0.6 is 35.8 Å². The van der Waals surface area contributed by atoms with Gasteiger partial charge >= 0.3 is 0 Å². The average molecular weight is 445 g/mol. The van der Waals surface area contributed by atoms with E-state index >= 15 is 0 Å². The van der Waals surface area contributed by atoms with Gasteiger partial charge in [-0.3, -0.25) is 9.69 Å². The van der Waals surface area contributed by atoms with Gasteiger partial charge in [-0.25, -0.2) is 0 Å². The molecule has 6 heteroatoms. The van der Waals surface area contributed by atoms with Crippen LogP contribution in [0.3, 0.4) is 0 Å². The number of nitrogens with zero attached hydrogens (tertiary/aromatic N) is 1. The minimum atomic E-state index is 0. The summed E-state index contributed by atoms with van der Waals surface area (Å²) in [6.07, 6.45) is 0.878. The van der Waals surface area contributed by atoms with Crippen LogP contribution in [0.4, 0.5) is 11.4 Å². The fourth-order valence-electron chi connectivity index (χ4n) is 3.38. The molecule has 1 heterocycles. The maximum Gasteiger partial charge on any atom is 0.245 e. The van der Waals surface area contributed by atoms with Crippen molar-refractivity contribution in [3.63, 3.8) is 0 Å². The zero-order valence-electron chi connectivity index (χ0n) is 16.0. The highest BCUT2D eigenvalue weighted by atomic mass is 35.5. The molecule has 0 spiro atoms. The van der Waals surface area contributed by atoms with Gasteiger partial charge in [0.05, 0.1) is 17.9 Å². The first-order valence-corrected chi connectivity index (χ1v) is 10.5. The van der Waals surface area contributed by atoms with Crippen molar-refractivity contribution in [1.82, 2.24) is 5.32 Å². The maximum absolute atomic E-state index is 13.2. The molecule has 3 aromatic carbocycles. The van der Waals surface area contributed by atoms with Crippen molar-refractivity contribution in [3.8, 4) is 0 Å². The number of para-hydroxylation sites is 1. The third kappa shape index (κ3) is 4.96. The van der Waals surface area contributed by atoms with E-state index in [0.717, 1.165) is 27.6 Å². The Balaban J connectivity index is 0.00000240. The van der Waals surface area contributed by atoms with Gasteiger partial charge < -0.3 is 5.32 Å². The van der Waals surface area contributed by atoms with E-state index in [4.69, 9.17) is 11.6 Å². The molecule has 0 saturated carbocycles. The molecule has 29 heavy (non-hydrogen) atoms. The Bertz CT molecular complexity index is 997. The van der Waals surface area contributed by atoms with Crippen molar-refractivity contribution < 1.29 is 4.79 Å². The predicted octanol–water partition coefficient (Wildman–Crippen LogP) is 6.11. The Kier molecular flexibility index (Phi) is 7.25. The number of fused-ring (bicyclic) bond motifs is 2. The van der Waals surface area contributed by atoms with E-state index < -0.39 is 0 Å². The van der Waals surface area contributed by atoms with Crippen molar-refractivity contribution in [2.45, 2.75) is 29.2 Å². The lowest BCUT2D eigenvalue weighted by molar-refractivity contribution is -0.117. The minimum absolute atomic E-state index is 0. The first-order chi connectivity index (χ1) is 13.6. The third-order valence-corrected chi connectivity index (χ3v) is 6.09. The summed E-state index contributed by atoms with van der Waals surface area (Å²) in [6, 6.07) is 24.2. The van der Waals surface area contributed by atoms with Crippen LogP contribution in [0.5, 0.6) is 0 Å². The van der Waals surface area contributed by atoms with Crippen molar-refractivity contribution in [3.05, 3.63) is 83.4 Å². The lowest BCUT2D eigenvalue weighted by atomic mass is 10.1. The van der Waals surface area contributed by atoms with E-state index in [1.54, 1.807) is 16.7 Å². The van der Waals surface area contributed by atoms with E-state index in [-0.39, 0.29) is 30.9 Å². The largest absolute Gasteiger partial charge is 0.306 e. The maximum atomic E-state index is 13.2. The average Bonchev–Trinajstić information content (AvgIpc) is 2.71.